The van der Waals surface area contributed by atoms with E-state index in [0.717, 1.165) is 0 Å². The smallest absolute Gasteiger partial charge is 0.252 e. The van der Waals surface area contributed by atoms with Gasteiger partial charge in [-0.25, -0.2) is 8.42 Å². The number of hydrogen-bond acceptors (Lipinski definition) is 4. The van der Waals surface area contributed by atoms with E-state index in [9.17, 15) is 13.2 Å². The zero-order chi connectivity index (χ0) is 11.8. The van der Waals surface area contributed by atoms with Gasteiger partial charge in [0, 0.05) is 6.54 Å². The van der Waals surface area contributed by atoms with Gasteiger partial charge in [0.05, 0.1) is 11.5 Å². The van der Waals surface area contributed by atoms with Gasteiger partial charge < -0.3 is 5.32 Å². The number of nitrogens with zero attached hydrogens (tertiary/aromatic N) is 1. The van der Waals surface area contributed by atoms with Crippen molar-refractivity contribution in [3.63, 3.8) is 0 Å². The molecule has 7 heteroatoms. The van der Waals surface area contributed by atoms with Gasteiger partial charge in [0.15, 0.2) is 15.8 Å². The summed E-state index contributed by atoms with van der Waals surface area (Å²) < 4.78 is 22.6. The van der Waals surface area contributed by atoms with Gasteiger partial charge in [0.1, 0.15) is 5.54 Å². The lowest BCUT2D eigenvalue weighted by Gasteiger charge is -2.30. The number of nitrogens with one attached hydrogen (secondary N) is 2. The Morgan fingerprint density at radius 1 is 1.38 bits per heavy atom. The SMILES string of the molecule is CCN=C1NC(=O)C2(CCS(=O)(=O)CC2)N1. The van der Waals surface area contributed by atoms with Crippen molar-refractivity contribution in [2.45, 2.75) is 25.3 Å². The van der Waals surface area contributed by atoms with Gasteiger partial charge in [0.25, 0.3) is 5.91 Å². The maximum atomic E-state index is 11.8. The minimum absolute atomic E-state index is 0.0623. The molecule has 1 spiro atoms. The van der Waals surface area contributed by atoms with Crippen LogP contribution in [0, 0.1) is 0 Å². The van der Waals surface area contributed by atoms with E-state index < -0.39 is 15.4 Å². The van der Waals surface area contributed by atoms with Gasteiger partial charge in [-0.15, -0.1) is 0 Å². The molecule has 0 bridgehead atoms. The van der Waals surface area contributed by atoms with Crippen molar-refractivity contribution in [3.8, 4) is 0 Å². The number of hydrogen-bond donors (Lipinski definition) is 2. The van der Waals surface area contributed by atoms with Crippen LogP contribution in [0.15, 0.2) is 4.99 Å². The lowest BCUT2D eigenvalue weighted by molar-refractivity contribution is -0.124. The van der Waals surface area contributed by atoms with Crippen molar-refractivity contribution in [1.29, 1.82) is 0 Å². The molecule has 0 unspecified atom stereocenters. The minimum atomic E-state index is -2.96. The molecule has 2 aliphatic rings. The molecule has 1 amide bonds. The summed E-state index contributed by atoms with van der Waals surface area (Å²) in [5.41, 5.74) is -0.751. The first-order valence-electron chi connectivity index (χ1n) is 5.32. The highest BCUT2D eigenvalue weighted by atomic mass is 32.2. The molecule has 2 fully saturated rings. The van der Waals surface area contributed by atoms with Gasteiger partial charge in [-0.1, -0.05) is 0 Å². The molecule has 0 aliphatic carbocycles. The summed E-state index contributed by atoms with van der Waals surface area (Å²) >= 11 is 0. The molecular weight excluding hydrogens is 230 g/mol. The second kappa shape index (κ2) is 3.73. The number of guanidine groups is 1. The highest BCUT2D eigenvalue weighted by molar-refractivity contribution is 7.91. The molecule has 0 atom stereocenters. The standard InChI is InChI=1S/C9H15N3O3S/c1-2-10-8-11-7(13)9(12-8)3-5-16(14,15)6-4-9/h2-6H2,1H3,(H2,10,11,12,13). The largest absolute Gasteiger partial charge is 0.342 e. The zero-order valence-corrected chi connectivity index (χ0v) is 9.93. The number of aliphatic imine (C=N–C) groups is 1. The third-order valence-electron chi connectivity index (χ3n) is 3.02. The maximum Gasteiger partial charge on any atom is 0.252 e. The third kappa shape index (κ3) is 1.91. The topological polar surface area (TPSA) is 87.6 Å². The lowest BCUT2D eigenvalue weighted by Crippen LogP contribution is -2.52. The monoisotopic (exact) mass is 245 g/mol. The molecule has 2 aliphatic heterocycles. The van der Waals surface area contributed by atoms with Crippen LogP contribution in [0.3, 0.4) is 0 Å². The summed E-state index contributed by atoms with van der Waals surface area (Å²) in [6.45, 7) is 2.45. The molecule has 2 N–H and O–H groups in total. The number of rotatable bonds is 1. The van der Waals surface area contributed by atoms with E-state index in [0.29, 0.717) is 25.3 Å². The van der Waals surface area contributed by atoms with Crippen LogP contribution in [-0.2, 0) is 14.6 Å². The lowest BCUT2D eigenvalue weighted by atomic mass is 9.93. The molecule has 2 saturated heterocycles. The number of sulfone groups is 1. The molecule has 6 nitrogen and oxygen atoms in total. The molecule has 16 heavy (non-hydrogen) atoms. The van der Waals surface area contributed by atoms with Gasteiger partial charge in [-0.2, -0.15) is 0 Å². The summed E-state index contributed by atoms with van der Waals surface area (Å²) in [6, 6.07) is 0. The van der Waals surface area contributed by atoms with E-state index in [4.69, 9.17) is 0 Å². The van der Waals surface area contributed by atoms with Crippen molar-refractivity contribution in [2.24, 2.45) is 4.99 Å². The van der Waals surface area contributed by atoms with Crippen molar-refractivity contribution in [1.82, 2.24) is 10.6 Å². The average molecular weight is 245 g/mol. The fraction of sp³-hybridized carbons (Fsp3) is 0.778. The van der Waals surface area contributed by atoms with Crippen molar-refractivity contribution < 1.29 is 13.2 Å². The van der Waals surface area contributed by atoms with E-state index in [-0.39, 0.29) is 17.4 Å². The predicted octanol–water partition coefficient (Wildman–Crippen LogP) is -0.971. The zero-order valence-electron chi connectivity index (χ0n) is 9.12. The van der Waals surface area contributed by atoms with Crippen LogP contribution >= 0.6 is 0 Å². The summed E-state index contributed by atoms with van der Waals surface area (Å²) in [4.78, 5) is 15.9. The van der Waals surface area contributed by atoms with E-state index in [1.807, 2.05) is 6.92 Å². The van der Waals surface area contributed by atoms with Gasteiger partial charge in [0.2, 0.25) is 0 Å². The first-order chi connectivity index (χ1) is 7.47. The number of carbonyl (C=O) groups is 1. The Kier molecular flexibility index (Phi) is 2.65. The van der Waals surface area contributed by atoms with Crippen LogP contribution in [0.1, 0.15) is 19.8 Å². The van der Waals surface area contributed by atoms with Gasteiger partial charge in [-0.05, 0) is 19.8 Å². The summed E-state index contributed by atoms with van der Waals surface area (Å²) in [5, 5.41) is 5.67. The number of carbonyl (C=O) groups excluding carboxylic acids is 1. The Bertz CT molecular complexity index is 427. The first kappa shape index (κ1) is 11.4. The molecule has 90 valence electrons. The van der Waals surface area contributed by atoms with Crippen molar-refractivity contribution >= 4 is 21.7 Å². The molecule has 2 heterocycles. The van der Waals surface area contributed by atoms with E-state index >= 15 is 0 Å². The molecule has 0 saturated carbocycles. The maximum absolute atomic E-state index is 11.8. The fourth-order valence-corrected chi connectivity index (χ4v) is 3.54. The molecular formula is C9H15N3O3S. The fourth-order valence-electron chi connectivity index (χ4n) is 2.02. The van der Waals surface area contributed by atoms with Crippen LogP contribution in [0.2, 0.25) is 0 Å². The van der Waals surface area contributed by atoms with Crippen LogP contribution in [-0.4, -0.2) is 43.9 Å². The highest BCUT2D eigenvalue weighted by Gasteiger charge is 2.48. The Balaban J connectivity index is 2.16. The third-order valence-corrected chi connectivity index (χ3v) is 4.67. The van der Waals surface area contributed by atoms with Crippen LogP contribution in [0.4, 0.5) is 0 Å². The van der Waals surface area contributed by atoms with Crippen LogP contribution in [0.25, 0.3) is 0 Å². The van der Waals surface area contributed by atoms with E-state index in [1.165, 1.54) is 0 Å². The Morgan fingerprint density at radius 2 is 2.00 bits per heavy atom. The minimum Gasteiger partial charge on any atom is -0.342 e. The summed E-state index contributed by atoms with van der Waals surface area (Å²) in [7, 11) is -2.96. The molecule has 2 rings (SSSR count). The summed E-state index contributed by atoms with van der Waals surface area (Å²) in [6.07, 6.45) is 0.647. The highest BCUT2D eigenvalue weighted by Crippen LogP contribution is 2.26. The molecule has 0 aromatic carbocycles. The van der Waals surface area contributed by atoms with E-state index in [1.54, 1.807) is 0 Å². The second-order valence-corrected chi connectivity index (χ2v) is 6.44. The normalized spacial score (nSPS) is 29.1. The molecule has 0 aromatic rings. The van der Waals surface area contributed by atoms with Gasteiger partial charge >= 0.3 is 0 Å². The van der Waals surface area contributed by atoms with Crippen LogP contribution < -0.4 is 10.6 Å². The quantitative estimate of drug-likeness (QED) is 0.622. The number of amides is 1. The Morgan fingerprint density at radius 3 is 2.56 bits per heavy atom. The Labute approximate surface area is 94.4 Å². The van der Waals surface area contributed by atoms with Crippen LogP contribution in [0.5, 0.6) is 0 Å². The molecule has 0 radical (unpaired) electrons. The van der Waals surface area contributed by atoms with Crippen molar-refractivity contribution in [3.05, 3.63) is 0 Å². The second-order valence-electron chi connectivity index (χ2n) is 4.14. The van der Waals surface area contributed by atoms with Crippen molar-refractivity contribution in [2.75, 3.05) is 18.1 Å². The van der Waals surface area contributed by atoms with Gasteiger partial charge in [-0.3, -0.25) is 15.1 Å². The average Bonchev–Trinajstić information content (AvgIpc) is 2.50. The first-order valence-corrected chi connectivity index (χ1v) is 7.14. The predicted molar refractivity (Wildman–Crippen MR) is 59.9 cm³/mol. The summed E-state index contributed by atoms with van der Waals surface area (Å²) in [5.74, 6) is 0.432. The van der Waals surface area contributed by atoms with E-state index in [2.05, 4.69) is 15.6 Å². The Hall–Kier alpha value is -1.11. The molecule has 0 aromatic heterocycles.